The predicted octanol–water partition coefficient (Wildman–Crippen LogP) is 3.42. The fourth-order valence-electron chi connectivity index (χ4n) is 5.04. The van der Waals surface area contributed by atoms with Gasteiger partial charge in [0.15, 0.2) is 0 Å². The second kappa shape index (κ2) is 11.5. The van der Waals surface area contributed by atoms with E-state index < -0.39 is 0 Å². The van der Waals surface area contributed by atoms with Gasteiger partial charge in [0.1, 0.15) is 12.4 Å². The summed E-state index contributed by atoms with van der Waals surface area (Å²) in [5, 5.41) is 3.23. The summed E-state index contributed by atoms with van der Waals surface area (Å²) in [6, 6.07) is 13.5. The van der Waals surface area contributed by atoms with Crippen LogP contribution in [0.4, 0.5) is 0 Å². The van der Waals surface area contributed by atoms with E-state index in [-0.39, 0.29) is 17.9 Å². The van der Waals surface area contributed by atoms with Crippen molar-refractivity contribution >= 4 is 11.8 Å². The molecule has 0 bridgehead atoms. The second-order valence-electron chi connectivity index (χ2n) is 9.48. The van der Waals surface area contributed by atoms with Gasteiger partial charge in [-0.05, 0) is 62.9 Å². The number of pyridine rings is 1. The lowest BCUT2D eigenvalue weighted by molar-refractivity contribution is -0.130. The predicted molar refractivity (Wildman–Crippen MR) is 132 cm³/mol. The van der Waals surface area contributed by atoms with Gasteiger partial charge < -0.3 is 15.0 Å². The molecule has 0 aliphatic carbocycles. The number of likely N-dealkylation sites (tertiary alicyclic amines) is 1. The number of para-hydroxylation sites is 1. The van der Waals surface area contributed by atoms with Gasteiger partial charge in [0.05, 0.1) is 11.3 Å². The summed E-state index contributed by atoms with van der Waals surface area (Å²) in [5.41, 5.74) is 2.64. The highest BCUT2D eigenvalue weighted by Crippen LogP contribution is 2.26. The zero-order chi connectivity index (χ0) is 23.9. The van der Waals surface area contributed by atoms with Gasteiger partial charge >= 0.3 is 0 Å². The topological polar surface area (TPSA) is 74.8 Å². The summed E-state index contributed by atoms with van der Waals surface area (Å²) in [7, 11) is 0. The van der Waals surface area contributed by atoms with Crippen LogP contribution in [0, 0.1) is 12.8 Å². The van der Waals surface area contributed by atoms with Crippen LogP contribution < -0.4 is 10.1 Å². The molecule has 2 amide bonds. The Balaban J connectivity index is 1.52. The maximum atomic E-state index is 13.2. The third-order valence-electron chi connectivity index (χ3n) is 6.95. The van der Waals surface area contributed by atoms with Crippen molar-refractivity contribution in [1.29, 1.82) is 0 Å². The van der Waals surface area contributed by atoms with Gasteiger partial charge in [-0.3, -0.25) is 19.5 Å². The quantitative estimate of drug-likeness (QED) is 0.737. The summed E-state index contributed by atoms with van der Waals surface area (Å²) in [6.45, 7) is 7.98. The van der Waals surface area contributed by atoms with E-state index in [4.69, 9.17) is 4.74 Å². The van der Waals surface area contributed by atoms with Crippen molar-refractivity contribution < 1.29 is 14.3 Å². The molecule has 0 unspecified atom stereocenters. The highest BCUT2D eigenvalue weighted by atomic mass is 16.5. The average molecular weight is 465 g/mol. The molecule has 2 aliphatic heterocycles. The number of hydrogen-bond donors (Lipinski definition) is 1. The minimum absolute atomic E-state index is 0.0475. The smallest absolute Gasteiger partial charge is 0.255 e. The van der Waals surface area contributed by atoms with Crippen LogP contribution in [0.5, 0.6) is 5.75 Å². The molecule has 34 heavy (non-hydrogen) atoms. The monoisotopic (exact) mass is 464 g/mol. The number of aryl methyl sites for hydroxylation is 1. The molecule has 0 radical (unpaired) electrons. The molecule has 1 N–H and O–H groups in total. The van der Waals surface area contributed by atoms with Crippen molar-refractivity contribution in [2.75, 3.05) is 32.8 Å². The van der Waals surface area contributed by atoms with E-state index in [9.17, 15) is 9.59 Å². The fourth-order valence-corrected chi connectivity index (χ4v) is 5.04. The van der Waals surface area contributed by atoms with Crippen molar-refractivity contribution in [3.05, 3.63) is 59.4 Å². The Hall–Kier alpha value is -2.93. The molecule has 1 fully saturated rings. The number of carbonyl (C=O) groups excluding carboxylic acids is 2. The molecule has 2 aliphatic rings. The van der Waals surface area contributed by atoms with E-state index in [1.165, 1.54) is 0 Å². The standard InChI is InChI=1S/C27H36N4O3/c1-20-8-7-10-23(28-20)18-30-14-6-5-9-22-13-15-31(21(2)32)19-25(22)29-27(33)24-11-3-4-12-26(24)34-17-16-30/h3-4,7-8,10-12,22,25H,5-6,9,13-19H2,1-2H3,(H,29,33)/t22-,25+/m1/s1. The van der Waals surface area contributed by atoms with Crippen LogP contribution in [0.3, 0.4) is 0 Å². The second-order valence-corrected chi connectivity index (χ2v) is 9.48. The number of benzene rings is 1. The van der Waals surface area contributed by atoms with Gasteiger partial charge in [-0.15, -0.1) is 0 Å². The number of fused-ring (bicyclic) bond motifs is 2. The maximum Gasteiger partial charge on any atom is 0.255 e. The molecule has 1 aromatic carbocycles. The van der Waals surface area contributed by atoms with E-state index in [1.807, 2.05) is 42.2 Å². The molecule has 0 spiro atoms. The number of carbonyl (C=O) groups is 2. The lowest BCUT2D eigenvalue weighted by Crippen LogP contribution is -2.53. The highest BCUT2D eigenvalue weighted by Gasteiger charge is 2.32. The van der Waals surface area contributed by atoms with Gasteiger partial charge in [-0.2, -0.15) is 0 Å². The van der Waals surface area contributed by atoms with Gasteiger partial charge in [-0.25, -0.2) is 0 Å². The summed E-state index contributed by atoms with van der Waals surface area (Å²) in [4.78, 5) is 34.2. The van der Waals surface area contributed by atoms with E-state index in [2.05, 4.69) is 27.3 Å². The number of hydrogen-bond acceptors (Lipinski definition) is 5. The first kappa shape index (κ1) is 24.2. The molecule has 3 heterocycles. The Morgan fingerprint density at radius 1 is 1.09 bits per heavy atom. The van der Waals surface area contributed by atoms with Crippen molar-refractivity contribution in [3.8, 4) is 5.75 Å². The van der Waals surface area contributed by atoms with Crippen LogP contribution in [0.15, 0.2) is 42.5 Å². The maximum absolute atomic E-state index is 13.2. The van der Waals surface area contributed by atoms with Crippen molar-refractivity contribution in [2.45, 2.75) is 52.1 Å². The Morgan fingerprint density at radius 2 is 1.94 bits per heavy atom. The van der Waals surface area contributed by atoms with Gasteiger partial charge in [0, 0.05) is 44.8 Å². The van der Waals surface area contributed by atoms with Crippen LogP contribution in [0.2, 0.25) is 0 Å². The molecule has 7 heteroatoms. The lowest BCUT2D eigenvalue weighted by Gasteiger charge is -2.39. The molecule has 1 saturated heterocycles. The lowest BCUT2D eigenvalue weighted by atomic mass is 9.86. The number of nitrogens with one attached hydrogen (secondary N) is 1. The summed E-state index contributed by atoms with van der Waals surface area (Å²) in [6.07, 6.45) is 4.13. The van der Waals surface area contributed by atoms with E-state index in [1.54, 1.807) is 6.92 Å². The fraction of sp³-hybridized carbons (Fsp3) is 0.519. The minimum atomic E-state index is -0.131. The van der Waals surface area contributed by atoms with E-state index >= 15 is 0 Å². The zero-order valence-corrected chi connectivity index (χ0v) is 20.3. The van der Waals surface area contributed by atoms with Crippen LogP contribution in [-0.2, 0) is 11.3 Å². The van der Waals surface area contributed by atoms with Crippen LogP contribution >= 0.6 is 0 Å². The van der Waals surface area contributed by atoms with Crippen molar-refractivity contribution in [3.63, 3.8) is 0 Å². The third kappa shape index (κ3) is 6.35. The van der Waals surface area contributed by atoms with E-state index in [0.717, 1.165) is 63.3 Å². The highest BCUT2D eigenvalue weighted by molar-refractivity contribution is 5.97. The molecular weight excluding hydrogens is 428 g/mol. The molecule has 182 valence electrons. The molecule has 2 aromatic rings. The number of nitrogens with zero attached hydrogens (tertiary/aromatic N) is 3. The molecule has 4 rings (SSSR count). The largest absolute Gasteiger partial charge is 0.491 e. The molecule has 0 saturated carbocycles. The van der Waals surface area contributed by atoms with Crippen LogP contribution in [-0.4, -0.2) is 65.4 Å². The Bertz CT molecular complexity index is 995. The Morgan fingerprint density at radius 3 is 2.76 bits per heavy atom. The Labute approximate surface area is 202 Å². The number of rotatable bonds is 2. The van der Waals surface area contributed by atoms with Gasteiger partial charge in [0.2, 0.25) is 5.91 Å². The summed E-state index contributed by atoms with van der Waals surface area (Å²) >= 11 is 0. The molecule has 2 atom stereocenters. The summed E-state index contributed by atoms with van der Waals surface area (Å²) in [5.74, 6) is 0.897. The normalized spacial score (nSPS) is 22.5. The van der Waals surface area contributed by atoms with E-state index in [0.29, 0.717) is 30.4 Å². The third-order valence-corrected chi connectivity index (χ3v) is 6.95. The van der Waals surface area contributed by atoms with Crippen LogP contribution in [0.25, 0.3) is 0 Å². The summed E-state index contributed by atoms with van der Waals surface area (Å²) < 4.78 is 6.10. The average Bonchev–Trinajstić information content (AvgIpc) is 2.82. The number of piperidine rings is 1. The first-order chi connectivity index (χ1) is 16.5. The van der Waals surface area contributed by atoms with Gasteiger partial charge in [0.25, 0.3) is 5.91 Å². The Kier molecular flexibility index (Phi) is 8.16. The van der Waals surface area contributed by atoms with Crippen molar-refractivity contribution in [1.82, 2.24) is 20.1 Å². The molecule has 7 nitrogen and oxygen atoms in total. The SMILES string of the molecule is CC(=O)N1CC[C@H]2CCCCN(Cc3cccc(C)n3)CCOc3ccccc3C(=O)N[C@H]2C1. The number of aromatic nitrogens is 1. The molecule has 1 aromatic heterocycles. The minimum Gasteiger partial charge on any atom is -0.491 e. The van der Waals surface area contributed by atoms with Crippen molar-refractivity contribution in [2.24, 2.45) is 5.92 Å². The first-order valence-electron chi connectivity index (χ1n) is 12.4. The zero-order valence-electron chi connectivity index (χ0n) is 20.3. The number of ether oxygens (including phenoxy) is 1. The number of amides is 2. The van der Waals surface area contributed by atoms with Crippen LogP contribution in [0.1, 0.15) is 54.4 Å². The molecular formula is C27H36N4O3. The van der Waals surface area contributed by atoms with Gasteiger partial charge in [-0.1, -0.05) is 24.6 Å². The first-order valence-corrected chi connectivity index (χ1v) is 12.4.